The minimum absolute atomic E-state index is 0.231. The lowest BCUT2D eigenvalue weighted by atomic mass is 10.1. The summed E-state index contributed by atoms with van der Waals surface area (Å²) in [6.45, 7) is 0.231. The molecule has 0 atom stereocenters. The SMILES string of the molecule is Clc1ccccc1-c1cc(-c2ccccc2)nc(-c2ccc3c(c2)OCO3)n1. The van der Waals surface area contributed by atoms with Gasteiger partial charge in [0.05, 0.1) is 11.4 Å². The second kappa shape index (κ2) is 6.98. The van der Waals surface area contributed by atoms with Crippen LogP contribution < -0.4 is 9.47 Å². The number of halogens is 1. The van der Waals surface area contributed by atoms with Crippen molar-refractivity contribution in [3.63, 3.8) is 0 Å². The molecule has 4 aromatic rings. The molecule has 0 spiro atoms. The number of rotatable bonds is 3. The van der Waals surface area contributed by atoms with E-state index in [1.807, 2.05) is 78.9 Å². The summed E-state index contributed by atoms with van der Waals surface area (Å²) in [5.41, 5.74) is 4.34. The third kappa shape index (κ3) is 3.08. The van der Waals surface area contributed by atoms with Gasteiger partial charge in [0.1, 0.15) is 0 Å². The highest BCUT2D eigenvalue weighted by Crippen LogP contribution is 2.36. The van der Waals surface area contributed by atoms with Gasteiger partial charge in [-0.15, -0.1) is 0 Å². The molecular formula is C23H15ClN2O2. The number of nitrogens with zero attached hydrogens (tertiary/aromatic N) is 2. The molecule has 3 aromatic carbocycles. The average Bonchev–Trinajstić information content (AvgIpc) is 3.22. The fraction of sp³-hybridized carbons (Fsp3) is 0.0435. The van der Waals surface area contributed by atoms with Crippen LogP contribution >= 0.6 is 11.6 Å². The van der Waals surface area contributed by atoms with Crippen LogP contribution in [0.1, 0.15) is 0 Å². The maximum Gasteiger partial charge on any atom is 0.231 e. The number of aromatic nitrogens is 2. The summed E-state index contributed by atoms with van der Waals surface area (Å²) in [6, 6.07) is 25.4. The van der Waals surface area contributed by atoms with Crippen LogP contribution in [0.2, 0.25) is 5.02 Å². The summed E-state index contributed by atoms with van der Waals surface area (Å²) in [5.74, 6) is 2.04. The van der Waals surface area contributed by atoms with Crippen LogP contribution in [-0.4, -0.2) is 16.8 Å². The lowest BCUT2D eigenvalue weighted by Gasteiger charge is -2.10. The van der Waals surface area contributed by atoms with E-state index in [4.69, 9.17) is 31.0 Å². The normalized spacial score (nSPS) is 12.2. The molecule has 0 N–H and O–H groups in total. The second-order valence-electron chi connectivity index (χ2n) is 6.38. The first-order valence-electron chi connectivity index (χ1n) is 8.87. The molecule has 0 saturated carbocycles. The highest BCUT2D eigenvalue weighted by Gasteiger charge is 2.17. The van der Waals surface area contributed by atoms with Gasteiger partial charge in [0.2, 0.25) is 6.79 Å². The predicted octanol–water partition coefficient (Wildman–Crippen LogP) is 5.86. The lowest BCUT2D eigenvalue weighted by molar-refractivity contribution is 0.174. The molecule has 0 unspecified atom stereocenters. The summed E-state index contributed by atoms with van der Waals surface area (Å²) in [4.78, 5) is 9.60. The standard InChI is InChI=1S/C23H15ClN2O2/c24-18-9-5-4-8-17(18)20-13-19(15-6-2-1-3-7-15)25-23(26-20)16-10-11-21-22(12-16)28-14-27-21/h1-13H,14H2. The van der Waals surface area contributed by atoms with E-state index in [0.29, 0.717) is 16.6 Å². The van der Waals surface area contributed by atoms with E-state index in [2.05, 4.69) is 0 Å². The molecule has 0 fully saturated rings. The predicted molar refractivity (Wildman–Crippen MR) is 109 cm³/mol. The van der Waals surface area contributed by atoms with Crippen molar-refractivity contribution in [1.82, 2.24) is 9.97 Å². The van der Waals surface area contributed by atoms with Gasteiger partial charge in [-0.2, -0.15) is 0 Å². The first-order valence-corrected chi connectivity index (χ1v) is 9.25. The molecule has 1 aliphatic rings. The van der Waals surface area contributed by atoms with Crippen LogP contribution in [0.5, 0.6) is 11.5 Å². The van der Waals surface area contributed by atoms with Crippen LogP contribution in [0.4, 0.5) is 0 Å². The van der Waals surface area contributed by atoms with Crippen LogP contribution in [0.15, 0.2) is 78.9 Å². The van der Waals surface area contributed by atoms with Gasteiger partial charge < -0.3 is 9.47 Å². The van der Waals surface area contributed by atoms with Gasteiger partial charge in [0.25, 0.3) is 0 Å². The monoisotopic (exact) mass is 386 g/mol. The van der Waals surface area contributed by atoms with Crippen molar-refractivity contribution in [1.29, 1.82) is 0 Å². The molecule has 0 aliphatic carbocycles. The average molecular weight is 387 g/mol. The van der Waals surface area contributed by atoms with Gasteiger partial charge in [0, 0.05) is 21.7 Å². The molecule has 5 heteroatoms. The zero-order valence-electron chi connectivity index (χ0n) is 14.8. The molecule has 1 aromatic heterocycles. The van der Waals surface area contributed by atoms with Gasteiger partial charge in [-0.05, 0) is 30.3 Å². The van der Waals surface area contributed by atoms with Crippen LogP contribution in [-0.2, 0) is 0 Å². The molecule has 0 bridgehead atoms. The third-order valence-corrected chi connectivity index (χ3v) is 4.91. The van der Waals surface area contributed by atoms with Gasteiger partial charge in [0.15, 0.2) is 17.3 Å². The van der Waals surface area contributed by atoms with Crippen LogP contribution in [0, 0.1) is 0 Å². The zero-order chi connectivity index (χ0) is 18.9. The highest BCUT2D eigenvalue weighted by molar-refractivity contribution is 6.33. The molecule has 0 amide bonds. The zero-order valence-corrected chi connectivity index (χ0v) is 15.6. The first-order chi connectivity index (χ1) is 13.8. The maximum absolute atomic E-state index is 6.44. The van der Waals surface area contributed by atoms with E-state index in [9.17, 15) is 0 Å². The number of fused-ring (bicyclic) bond motifs is 1. The van der Waals surface area contributed by atoms with Crippen molar-refractivity contribution in [2.75, 3.05) is 6.79 Å². The Labute approximate surface area is 167 Å². The third-order valence-electron chi connectivity index (χ3n) is 4.58. The molecular weight excluding hydrogens is 372 g/mol. The topological polar surface area (TPSA) is 44.2 Å². The summed E-state index contributed by atoms with van der Waals surface area (Å²) in [5, 5.41) is 0.650. The quantitative estimate of drug-likeness (QED) is 0.442. The van der Waals surface area contributed by atoms with Crippen molar-refractivity contribution in [3.05, 3.63) is 83.9 Å². The van der Waals surface area contributed by atoms with Crippen molar-refractivity contribution in [2.45, 2.75) is 0 Å². The van der Waals surface area contributed by atoms with Crippen molar-refractivity contribution >= 4 is 11.6 Å². The number of benzene rings is 3. The van der Waals surface area contributed by atoms with Gasteiger partial charge in [-0.25, -0.2) is 9.97 Å². The Kier molecular flexibility index (Phi) is 4.18. The Bertz CT molecular complexity index is 1160. The largest absolute Gasteiger partial charge is 0.454 e. The fourth-order valence-electron chi connectivity index (χ4n) is 3.18. The molecule has 5 rings (SSSR count). The first kappa shape index (κ1) is 16.8. The molecule has 4 nitrogen and oxygen atoms in total. The number of hydrogen-bond acceptors (Lipinski definition) is 4. The summed E-state index contributed by atoms with van der Waals surface area (Å²) < 4.78 is 10.9. The van der Waals surface area contributed by atoms with E-state index in [-0.39, 0.29) is 6.79 Å². The summed E-state index contributed by atoms with van der Waals surface area (Å²) >= 11 is 6.44. The van der Waals surface area contributed by atoms with Gasteiger partial charge >= 0.3 is 0 Å². The second-order valence-corrected chi connectivity index (χ2v) is 6.78. The fourth-order valence-corrected chi connectivity index (χ4v) is 3.41. The number of hydrogen-bond donors (Lipinski definition) is 0. The molecule has 2 heterocycles. The van der Waals surface area contributed by atoms with E-state index in [1.54, 1.807) is 0 Å². The van der Waals surface area contributed by atoms with E-state index in [0.717, 1.165) is 33.8 Å². The van der Waals surface area contributed by atoms with Crippen LogP contribution in [0.25, 0.3) is 33.9 Å². The minimum Gasteiger partial charge on any atom is -0.454 e. The molecule has 136 valence electrons. The maximum atomic E-state index is 6.44. The highest BCUT2D eigenvalue weighted by atomic mass is 35.5. The molecule has 0 radical (unpaired) electrons. The smallest absolute Gasteiger partial charge is 0.231 e. The van der Waals surface area contributed by atoms with Crippen LogP contribution in [0.3, 0.4) is 0 Å². The van der Waals surface area contributed by atoms with Gasteiger partial charge in [-0.1, -0.05) is 60.1 Å². The Balaban J connectivity index is 1.70. The Morgan fingerprint density at radius 1 is 0.679 bits per heavy atom. The minimum atomic E-state index is 0.231. The van der Waals surface area contributed by atoms with E-state index in [1.165, 1.54) is 0 Å². The summed E-state index contributed by atoms with van der Waals surface area (Å²) in [7, 11) is 0. The van der Waals surface area contributed by atoms with E-state index >= 15 is 0 Å². The van der Waals surface area contributed by atoms with Gasteiger partial charge in [-0.3, -0.25) is 0 Å². The number of ether oxygens (including phenoxy) is 2. The molecule has 1 aliphatic heterocycles. The van der Waals surface area contributed by atoms with Crippen molar-refractivity contribution in [3.8, 4) is 45.4 Å². The Morgan fingerprint density at radius 3 is 2.29 bits per heavy atom. The van der Waals surface area contributed by atoms with E-state index < -0.39 is 0 Å². The molecule has 0 saturated heterocycles. The molecule has 28 heavy (non-hydrogen) atoms. The van der Waals surface area contributed by atoms with Crippen molar-refractivity contribution < 1.29 is 9.47 Å². The lowest BCUT2D eigenvalue weighted by Crippen LogP contribution is -1.96. The Hall–Kier alpha value is -3.37. The Morgan fingerprint density at radius 2 is 1.43 bits per heavy atom. The van der Waals surface area contributed by atoms with Crippen molar-refractivity contribution in [2.24, 2.45) is 0 Å². The summed E-state index contributed by atoms with van der Waals surface area (Å²) in [6.07, 6.45) is 0.